The molecule has 0 aromatic rings. The average Bonchev–Trinajstić information content (AvgIpc) is 2.37. The van der Waals surface area contributed by atoms with Gasteiger partial charge in [-0.25, -0.2) is 0 Å². The molecule has 0 aromatic heterocycles. The molecule has 0 saturated carbocycles. The zero-order chi connectivity index (χ0) is 15.8. The Kier molecular flexibility index (Phi) is 9.06. The minimum Gasteiger partial charge on any atom is -0.465 e. The topological polar surface area (TPSA) is 55.6 Å². The quantitative estimate of drug-likeness (QED) is 0.627. The number of esters is 1. The van der Waals surface area contributed by atoms with Crippen molar-refractivity contribution >= 4 is 5.97 Å². The third-order valence-corrected chi connectivity index (χ3v) is 3.72. The summed E-state index contributed by atoms with van der Waals surface area (Å²) in [5, 5.41) is 0. The highest BCUT2D eigenvalue weighted by Crippen LogP contribution is 2.16. The number of rotatable bonds is 10. The number of carbonyl (C=O) groups excluding carboxylic acids is 1. The summed E-state index contributed by atoms with van der Waals surface area (Å²) in [6.07, 6.45) is 2.89. The first kappa shape index (κ1) is 19.4. The average molecular weight is 286 g/mol. The van der Waals surface area contributed by atoms with Gasteiger partial charge in [-0.1, -0.05) is 27.7 Å². The van der Waals surface area contributed by atoms with E-state index in [2.05, 4.69) is 32.6 Å². The second-order valence-corrected chi connectivity index (χ2v) is 6.25. The van der Waals surface area contributed by atoms with E-state index in [0.29, 0.717) is 25.0 Å². The van der Waals surface area contributed by atoms with Crippen molar-refractivity contribution in [2.75, 3.05) is 19.7 Å². The maximum atomic E-state index is 11.8. The van der Waals surface area contributed by atoms with E-state index < -0.39 is 5.54 Å². The van der Waals surface area contributed by atoms with Crippen LogP contribution >= 0.6 is 0 Å². The molecule has 0 heterocycles. The summed E-state index contributed by atoms with van der Waals surface area (Å²) in [5.41, 5.74) is 5.22. The number of hydrogen-bond donors (Lipinski definition) is 1. The van der Waals surface area contributed by atoms with Crippen molar-refractivity contribution in [2.24, 2.45) is 11.7 Å². The van der Waals surface area contributed by atoms with Crippen LogP contribution in [0.5, 0.6) is 0 Å². The van der Waals surface area contributed by atoms with Crippen LogP contribution < -0.4 is 5.73 Å². The summed E-state index contributed by atoms with van der Waals surface area (Å²) in [5.74, 6) is 0.316. The molecule has 1 atom stereocenters. The lowest BCUT2D eigenvalue weighted by Crippen LogP contribution is -2.50. The highest BCUT2D eigenvalue weighted by Gasteiger charge is 2.31. The first-order chi connectivity index (χ1) is 9.28. The zero-order valence-electron chi connectivity index (χ0n) is 14.2. The van der Waals surface area contributed by atoms with Gasteiger partial charge in [0.15, 0.2) is 0 Å². The standard InChI is InChI=1S/C16H34N2O2/c1-7-14(8-2)18(12-13(4)5)11-10-16(6,17)15(19)20-9-3/h13-14H,7-12,17H2,1-6H3. The van der Waals surface area contributed by atoms with Crippen LogP contribution in [0, 0.1) is 5.92 Å². The summed E-state index contributed by atoms with van der Waals surface area (Å²) in [6.45, 7) is 14.7. The maximum absolute atomic E-state index is 11.8. The molecular formula is C16H34N2O2. The van der Waals surface area contributed by atoms with Gasteiger partial charge in [-0.05, 0) is 39.0 Å². The predicted molar refractivity (Wildman–Crippen MR) is 84.6 cm³/mol. The molecule has 0 aliphatic carbocycles. The summed E-state index contributed by atoms with van der Waals surface area (Å²) in [6, 6.07) is 0.565. The second-order valence-electron chi connectivity index (χ2n) is 6.25. The fourth-order valence-electron chi connectivity index (χ4n) is 2.47. The first-order valence-corrected chi connectivity index (χ1v) is 7.98. The van der Waals surface area contributed by atoms with Crippen LogP contribution in [0.1, 0.15) is 60.8 Å². The Hall–Kier alpha value is -0.610. The lowest BCUT2D eigenvalue weighted by molar-refractivity contribution is -0.149. The fourth-order valence-corrected chi connectivity index (χ4v) is 2.47. The highest BCUT2D eigenvalue weighted by atomic mass is 16.5. The number of carbonyl (C=O) groups is 1. The van der Waals surface area contributed by atoms with E-state index in [1.165, 1.54) is 0 Å². The van der Waals surface area contributed by atoms with Crippen molar-refractivity contribution in [1.82, 2.24) is 4.90 Å². The molecule has 0 bridgehead atoms. The molecule has 0 spiro atoms. The lowest BCUT2D eigenvalue weighted by Gasteiger charge is -2.34. The van der Waals surface area contributed by atoms with Crippen molar-refractivity contribution < 1.29 is 9.53 Å². The molecule has 0 aromatic carbocycles. The van der Waals surface area contributed by atoms with Crippen LogP contribution in [-0.4, -0.2) is 42.1 Å². The van der Waals surface area contributed by atoms with Gasteiger partial charge in [-0.3, -0.25) is 4.79 Å². The molecule has 120 valence electrons. The Bertz CT molecular complexity index is 274. The fraction of sp³-hybridized carbons (Fsp3) is 0.938. The Morgan fingerprint density at radius 1 is 1.25 bits per heavy atom. The summed E-state index contributed by atoms with van der Waals surface area (Å²) < 4.78 is 5.05. The van der Waals surface area contributed by atoms with Gasteiger partial charge in [-0.15, -0.1) is 0 Å². The lowest BCUT2D eigenvalue weighted by atomic mass is 9.97. The van der Waals surface area contributed by atoms with E-state index in [-0.39, 0.29) is 5.97 Å². The van der Waals surface area contributed by atoms with E-state index >= 15 is 0 Å². The van der Waals surface area contributed by atoms with Crippen LogP contribution in [0.4, 0.5) is 0 Å². The summed E-state index contributed by atoms with van der Waals surface area (Å²) in [4.78, 5) is 14.3. The van der Waals surface area contributed by atoms with E-state index in [4.69, 9.17) is 10.5 Å². The SMILES string of the molecule is CCOC(=O)C(C)(N)CCN(CC(C)C)C(CC)CC. The van der Waals surface area contributed by atoms with Crippen LogP contribution in [0.25, 0.3) is 0 Å². The zero-order valence-corrected chi connectivity index (χ0v) is 14.2. The molecule has 0 rings (SSSR count). The van der Waals surface area contributed by atoms with Gasteiger partial charge in [0.25, 0.3) is 0 Å². The third kappa shape index (κ3) is 6.71. The van der Waals surface area contributed by atoms with Gasteiger partial charge in [-0.2, -0.15) is 0 Å². The van der Waals surface area contributed by atoms with Crippen molar-refractivity contribution in [3.8, 4) is 0 Å². The van der Waals surface area contributed by atoms with Gasteiger partial charge in [0.1, 0.15) is 5.54 Å². The van der Waals surface area contributed by atoms with Gasteiger partial charge < -0.3 is 15.4 Å². The molecule has 20 heavy (non-hydrogen) atoms. The molecule has 0 fully saturated rings. The van der Waals surface area contributed by atoms with E-state index in [1.807, 2.05) is 6.92 Å². The Balaban J connectivity index is 4.62. The van der Waals surface area contributed by atoms with Gasteiger partial charge in [0, 0.05) is 19.1 Å². The Morgan fingerprint density at radius 3 is 2.20 bits per heavy atom. The van der Waals surface area contributed by atoms with Crippen molar-refractivity contribution in [3.63, 3.8) is 0 Å². The molecule has 4 nitrogen and oxygen atoms in total. The second kappa shape index (κ2) is 9.35. The number of nitrogens with zero attached hydrogens (tertiary/aromatic N) is 1. The van der Waals surface area contributed by atoms with Gasteiger partial charge in [0.2, 0.25) is 0 Å². The number of hydrogen-bond acceptors (Lipinski definition) is 4. The van der Waals surface area contributed by atoms with Crippen molar-refractivity contribution in [2.45, 2.75) is 72.4 Å². The largest absolute Gasteiger partial charge is 0.465 e. The molecule has 0 radical (unpaired) electrons. The number of nitrogens with two attached hydrogens (primary N) is 1. The number of ether oxygens (including phenoxy) is 1. The smallest absolute Gasteiger partial charge is 0.325 e. The summed E-state index contributed by atoms with van der Waals surface area (Å²) >= 11 is 0. The Labute approximate surface area is 125 Å². The van der Waals surface area contributed by atoms with Crippen molar-refractivity contribution in [3.05, 3.63) is 0 Å². The van der Waals surface area contributed by atoms with Crippen molar-refractivity contribution in [1.29, 1.82) is 0 Å². The van der Waals surface area contributed by atoms with Gasteiger partial charge in [0.05, 0.1) is 6.61 Å². The predicted octanol–water partition coefficient (Wildman–Crippen LogP) is 2.80. The van der Waals surface area contributed by atoms with E-state index in [9.17, 15) is 4.79 Å². The molecule has 0 amide bonds. The van der Waals surface area contributed by atoms with Crippen LogP contribution in [0.3, 0.4) is 0 Å². The highest BCUT2D eigenvalue weighted by molar-refractivity contribution is 5.79. The molecule has 2 N–H and O–H groups in total. The van der Waals surface area contributed by atoms with E-state index in [0.717, 1.165) is 25.9 Å². The normalized spacial score (nSPS) is 14.9. The molecule has 0 saturated heterocycles. The van der Waals surface area contributed by atoms with E-state index in [1.54, 1.807) is 6.92 Å². The minimum atomic E-state index is -0.892. The first-order valence-electron chi connectivity index (χ1n) is 7.98. The molecular weight excluding hydrogens is 252 g/mol. The van der Waals surface area contributed by atoms with Crippen LogP contribution in [0.2, 0.25) is 0 Å². The van der Waals surface area contributed by atoms with Crippen LogP contribution in [-0.2, 0) is 9.53 Å². The van der Waals surface area contributed by atoms with Gasteiger partial charge >= 0.3 is 5.97 Å². The molecule has 0 aliphatic heterocycles. The molecule has 4 heteroatoms. The maximum Gasteiger partial charge on any atom is 0.325 e. The molecule has 1 unspecified atom stereocenters. The Morgan fingerprint density at radius 2 is 1.80 bits per heavy atom. The monoisotopic (exact) mass is 286 g/mol. The minimum absolute atomic E-state index is 0.297. The third-order valence-electron chi connectivity index (χ3n) is 3.72. The van der Waals surface area contributed by atoms with Crippen LogP contribution in [0.15, 0.2) is 0 Å². The summed E-state index contributed by atoms with van der Waals surface area (Å²) in [7, 11) is 0. The molecule has 0 aliphatic rings.